The number of hydrogen-bond acceptors (Lipinski definition) is 4. The molecule has 0 bridgehead atoms. The number of primary amides is 1. The number of benzene rings is 2. The van der Waals surface area contributed by atoms with Gasteiger partial charge in [0.15, 0.2) is 0 Å². The standard InChI is InChI=1S/C22H22Cl2N4O3/c1-13(29)27(17-11-9-16(24)10-12-17)20(31)28-21(2,3)22(4,19(25)30)18(26-28)14-5-7-15(23)8-6-14/h5-12H,1-4H3,(H2,25,30). The maximum absolute atomic E-state index is 13.5. The first-order chi connectivity index (χ1) is 14.4. The first-order valence-corrected chi connectivity index (χ1v) is 10.2. The predicted molar refractivity (Wildman–Crippen MR) is 121 cm³/mol. The van der Waals surface area contributed by atoms with Crippen LogP contribution in [0, 0.1) is 5.41 Å². The Morgan fingerprint density at radius 2 is 1.42 bits per heavy atom. The molecule has 2 N–H and O–H groups in total. The number of amides is 4. The molecule has 1 aliphatic heterocycles. The smallest absolute Gasteiger partial charge is 0.352 e. The highest BCUT2D eigenvalue weighted by Gasteiger charge is 2.60. The zero-order valence-electron chi connectivity index (χ0n) is 17.5. The molecule has 2 aromatic carbocycles. The number of hydrogen-bond donors (Lipinski definition) is 1. The lowest BCUT2D eigenvalue weighted by atomic mass is 9.68. The lowest BCUT2D eigenvalue weighted by Crippen LogP contribution is -2.60. The van der Waals surface area contributed by atoms with E-state index in [4.69, 9.17) is 28.9 Å². The first-order valence-electron chi connectivity index (χ1n) is 9.46. The van der Waals surface area contributed by atoms with Gasteiger partial charge in [0.25, 0.3) is 0 Å². The van der Waals surface area contributed by atoms with E-state index >= 15 is 0 Å². The van der Waals surface area contributed by atoms with Gasteiger partial charge in [-0.05, 0) is 62.7 Å². The number of carbonyl (C=O) groups is 3. The van der Waals surface area contributed by atoms with E-state index in [2.05, 4.69) is 5.10 Å². The molecule has 0 fully saturated rings. The predicted octanol–water partition coefficient (Wildman–Crippen LogP) is 4.46. The van der Waals surface area contributed by atoms with Gasteiger partial charge in [-0.1, -0.05) is 35.3 Å². The summed E-state index contributed by atoms with van der Waals surface area (Å²) in [6, 6.07) is 12.3. The van der Waals surface area contributed by atoms with Crippen LogP contribution >= 0.6 is 23.2 Å². The summed E-state index contributed by atoms with van der Waals surface area (Å²) in [7, 11) is 0. The minimum atomic E-state index is -1.33. The molecule has 1 aliphatic rings. The molecule has 2 aromatic rings. The number of rotatable bonds is 3. The van der Waals surface area contributed by atoms with E-state index in [1.165, 1.54) is 6.92 Å². The fourth-order valence-electron chi connectivity index (χ4n) is 3.59. The second-order valence-corrected chi connectivity index (χ2v) is 8.80. The van der Waals surface area contributed by atoms with E-state index in [9.17, 15) is 14.4 Å². The monoisotopic (exact) mass is 460 g/mol. The molecule has 7 nitrogen and oxygen atoms in total. The van der Waals surface area contributed by atoms with Crippen molar-refractivity contribution in [3.05, 3.63) is 64.1 Å². The lowest BCUT2D eigenvalue weighted by Gasteiger charge is -2.41. The average molecular weight is 461 g/mol. The summed E-state index contributed by atoms with van der Waals surface area (Å²) in [4.78, 5) is 39.6. The van der Waals surface area contributed by atoms with Crippen molar-refractivity contribution in [2.75, 3.05) is 4.90 Å². The Balaban J connectivity index is 2.15. The Morgan fingerprint density at radius 3 is 1.87 bits per heavy atom. The topological polar surface area (TPSA) is 96.1 Å². The highest BCUT2D eigenvalue weighted by Crippen LogP contribution is 2.45. The third-order valence-electron chi connectivity index (χ3n) is 5.81. The minimum absolute atomic E-state index is 0.314. The summed E-state index contributed by atoms with van der Waals surface area (Å²) in [5.41, 5.74) is 4.54. The highest BCUT2D eigenvalue weighted by atomic mass is 35.5. The summed E-state index contributed by atoms with van der Waals surface area (Å²) >= 11 is 11.9. The fraction of sp³-hybridized carbons (Fsp3) is 0.273. The third kappa shape index (κ3) is 3.68. The van der Waals surface area contributed by atoms with Gasteiger partial charge in [-0.15, -0.1) is 0 Å². The number of hydrazone groups is 1. The molecule has 31 heavy (non-hydrogen) atoms. The van der Waals surface area contributed by atoms with Gasteiger partial charge in [0.1, 0.15) is 5.41 Å². The molecular formula is C22H22Cl2N4O3. The Kier molecular flexibility index (Phi) is 5.86. The second kappa shape index (κ2) is 7.98. The van der Waals surface area contributed by atoms with Crippen molar-refractivity contribution in [3.8, 4) is 0 Å². The molecule has 1 atom stereocenters. The maximum atomic E-state index is 13.5. The molecular weight excluding hydrogens is 439 g/mol. The van der Waals surface area contributed by atoms with E-state index in [-0.39, 0.29) is 0 Å². The number of anilines is 1. The van der Waals surface area contributed by atoms with Crippen molar-refractivity contribution in [2.45, 2.75) is 33.2 Å². The molecule has 0 aliphatic carbocycles. The van der Waals surface area contributed by atoms with Crippen LogP contribution < -0.4 is 10.6 Å². The van der Waals surface area contributed by atoms with Gasteiger partial charge in [-0.2, -0.15) is 5.10 Å². The summed E-state index contributed by atoms with van der Waals surface area (Å²) in [5.74, 6) is -1.17. The van der Waals surface area contributed by atoms with Crippen molar-refractivity contribution < 1.29 is 14.4 Å². The second-order valence-electron chi connectivity index (χ2n) is 7.93. The van der Waals surface area contributed by atoms with Gasteiger partial charge in [0.05, 0.1) is 16.9 Å². The van der Waals surface area contributed by atoms with Crippen molar-refractivity contribution in [1.82, 2.24) is 5.01 Å². The number of nitrogens with two attached hydrogens (primary N) is 1. The Hall–Kier alpha value is -2.90. The van der Waals surface area contributed by atoms with Crippen LogP contribution in [0.5, 0.6) is 0 Å². The molecule has 1 unspecified atom stereocenters. The van der Waals surface area contributed by atoms with Crippen LogP contribution in [0.2, 0.25) is 10.0 Å². The Bertz CT molecular complexity index is 1080. The fourth-order valence-corrected chi connectivity index (χ4v) is 3.84. The van der Waals surface area contributed by atoms with Gasteiger partial charge < -0.3 is 5.73 Å². The van der Waals surface area contributed by atoms with Gasteiger partial charge in [-0.3, -0.25) is 9.59 Å². The number of nitrogens with zero attached hydrogens (tertiary/aromatic N) is 3. The largest absolute Gasteiger partial charge is 0.369 e. The average Bonchev–Trinajstić information content (AvgIpc) is 2.91. The van der Waals surface area contributed by atoms with E-state index in [0.717, 1.165) is 9.91 Å². The zero-order valence-corrected chi connectivity index (χ0v) is 19.0. The number of carbonyl (C=O) groups excluding carboxylic acids is 3. The van der Waals surface area contributed by atoms with E-state index in [0.29, 0.717) is 27.0 Å². The van der Waals surface area contributed by atoms with E-state index in [1.807, 2.05) is 0 Å². The van der Waals surface area contributed by atoms with Crippen molar-refractivity contribution in [3.63, 3.8) is 0 Å². The molecule has 0 aromatic heterocycles. The van der Waals surface area contributed by atoms with Gasteiger partial charge >= 0.3 is 6.03 Å². The van der Waals surface area contributed by atoms with Crippen molar-refractivity contribution in [2.24, 2.45) is 16.3 Å². The van der Waals surface area contributed by atoms with E-state index < -0.39 is 28.8 Å². The highest BCUT2D eigenvalue weighted by molar-refractivity contribution is 6.31. The van der Waals surface area contributed by atoms with Crippen LogP contribution in [0.15, 0.2) is 53.6 Å². The molecule has 0 saturated heterocycles. The van der Waals surface area contributed by atoms with Crippen molar-refractivity contribution in [1.29, 1.82) is 0 Å². The van der Waals surface area contributed by atoms with E-state index in [1.54, 1.807) is 69.3 Å². The number of imide groups is 1. The molecule has 162 valence electrons. The zero-order chi connectivity index (χ0) is 23.1. The first kappa shape index (κ1) is 22.8. The van der Waals surface area contributed by atoms with Gasteiger partial charge in [0, 0.05) is 17.0 Å². The van der Waals surface area contributed by atoms with Crippen LogP contribution in [0.25, 0.3) is 0 Å². The number of halogens is 2. The summed E-state index contributed by atoms with van der Waals surface area (Å²) in [6.45, 7) is 6.27. The van der Waals surface area contributed by atoms with Crippen LogP contribution in [0.4, 0.5) is 10.5 Å². The Morgan fingerprint density at radius 1 is 0.935 bits per heavy atom. The lowest BCUT2D eigenvalue weighted by molar-refractivity contribution is -0.127. The quantitative estimate of drug-likeness (QED) is 0.731. The third-order valence-corrected chi connectivity index (χ3v) is 6.31. The molecule has 0 radical (unpaired) electrons. The molecule has 0 saturated carbocycles. The maximum Gasteiger partial charge on any atom is 0.352 e. The summed E-state index contributed by atoms with van der Waals surface area (Å²) < 4.78 is 0. The van der Waals surface area contributed by atoms with Gasteiger partial charge in [-0.25, -0.2) is 14.7 Å². The van der Waals surface area contributed by atoms with Crippen LogP contribution in [-0.2, 0) is 9.59 Å². The summed E-state index contributed by atoms with van der Waals surface area (Å²) in [5, 5.41) is 6.61. The molecule has 4 amide bonds. The summed E-state index contributed by atoms with van der Waals surface area (Å²) in [6.07, 6.45) is 0. The van der Waals surface area contributed by atoms with Crippen molar-refractivity contribution >= 4 is 52.4 Å². The molecule has 1 heterocycles. The van der Waals surface area contributed by atoms with Crippen LogP contribution in [0.1, 0.15) is 33.3 Å². The number of urea groups is 1. The minimum Gasteiger partial charge on any atom is -0.369 e. The molecule has 0 spiro atoms. The van der Waals surface area contributed by atoms with Crippen LogP contribution in [-0.4, -0.2) is 34.1 Å². The Labute approximate surface area is 190 Å². The SMILES string of the molecule is CC(=O)N(C(=O)N1N=C(c2ccc(Cl)cc2)C(C)(C(N)=O)C1(C)C)c1ccc(Cl)cc1. The molecule has 3 rings (SSSR count). The molecule has 9 heteroatoms. The normalized spacial score (nSPS) is 19.7. The van der Waals surface area contributed by atoms with Gasteiger partial charge in [0.2, 0.25) is 11.8 Å². The van der Waals surface area contributed by atoms with Crippen LogP contribution in [0.3, 0.4) is 0 Å².